The van der Waals surface area contributed by atoms with Crippen molar-refractivity contribution in [3.05, 3.63) is 61.1 Å². The van der Waals surface area contributed by atoms with Gasteiger partial charge in [-0.25, -0.2) is 0 Å². The summed E-state index contributed by atoms with van der Waals surface area (Å²) in [4.78, 5) is 10.5. The van der Waals surface area contributed by atoms with Crippen LogP contribution in [-0.2, 0) is 0 Å². The number of aromatic nitrogens is 1. The molecule has 0 fully saturated rings. The van der Waals surface area contributed by atoms with Crippen LogP contribution in [0.25, 0.3) is 0 Å². The minimum atomic E-state index is 0.686. The fourth-order valence-corrected chi connectivity index (χ4v) is 1.69. The van der Waals surface area contributed by atoms with Crippen LogP contribution < -0.4 is 4.90 Å². The van der Waals surface area contributed by atoms with Crippen molar-refractivity contribution >= 4 is 11.5 Å². The molecule has 0 N–H and O–H groups in total. The molecule has 0 aliphatic carbocycles. The molecule has 0 saturated heterocycles. The Hall–Kier alpha value is -2.16. The maximum atomic E-state index is 4.49. The minimum Gasteiger partial charge on any atom is -0.300 e. The van der Waals surface area contributed by atoms with Crippen molar-refractivity contribution in [2.24, 2.45) is 4.99 Å². The number of allylic oxidation sites excluding steroid dienone is 3. The predicted octanol–water partition coefficient (Wildman–Crippen LogP) is 2.95. The van der Waals surface area contributed by atoms with Gasteiger partial charge in [0, 0.05) is 18.1 Å². The topological polar surface area (TPSA) is 28.5 Å². The smallest absolute Gasteiger partial charge is 0.105 e. The van der Waals surface area contributed by atoms with Gasteiger partial charge in [-0.05, 0) is 25.1 Å². The summed E-state index contributed by atoms with van der Waals surface area (Å²) in [5.74, 6) is 0.928. The van der Waals surface area contributed by atoms with E-state index >= 15 is 0 Å². The average molecular weight is 225 g/mol. The molecule has 17 heavy (non-hydrogen) atoms. The molecular formula is C14H15N3. The molecule has 1 aliphatic heterocycles. The van der Waals surface area contributed by atoms with Crippen LogP contribution in [0.4, 0.5) is 5.69 Å². The number of anilines is 1. The summed E-state index contributed by atoms with van der Waals surface area (Å²) in [6.45, 7) is 6.74. The van der Waals surface area contributed by atoms with Crippen LogP contribution in [0.5, 0.6) is 0 Å². The second-order valence-electron chi connectivity index (χ2n) is 3.71. The Morgan fingerprint density at radius 3 is 2.76 bits per heavy atom. The van der Waals surface area contributed by atoms with Crippen molar-refractivity contribution in [3.8, 4) is 0 Å². The van der Waals surface area contributed by atoms with Crippen molar-refractivity contribution < 1.29 is 0 Å². The third-order valence-corrected chi connectivity index (χ3v) is 2.49. The molecule has 0 aromatic carbocycles. The van der Waals surface area contributed by atoms with Gasteiger partial charge in [-0.3, -0.25) is 14.9 Å². The quantitative estimate of drug-likeness (QED) is 0.735. The Kier molecular flexibility index (Phi) is 3.50. The lowest BCUT2D eigenvalue weighted by atomic mass is 10.3. The van der Waals surface area contributed by atoms with Gasteiger partial charge >= 0.3 is 0 Å². The normalized spacial score (nSPS) is 19.9. The highest BCUT2D eigenvalue weighted by Crippen LogP contribution is 2.19. The van der Waals surface area contributed by atoms with Gasteiger partial charge in [-0.2, -0.15) is 0 Å². The van der Waals surface area contributed by atoms with Gasteiger partial charge in [0.1, 0.15) is 5.84 Å². The summed E-state index contributed by atoms with van der Waals surface area (Å²) in [6, 6.07) is 3.90. The van der Waals surface area contributed by atoms with Gasteiger partial charge in [0.15, 0.2) is 0 Å². The van der Waals surface area contributed by atoms with Gasteiger partial charge in [0.2, 0.25) is 0 Å². The Bertz CT molecular complexity index is 481. The Morgan fingerprint density at radius 1 is 1.24 bits per heavy atom. The molecule has 0 saturated carbocycles. The largest absolute Gasteiger partial charge is 0.300 e. The van der Waals surface area contributed by atoms with Crippen LogP contribution in [0.15, 0.2) is 66.1 Å². The minimum absolute atomic E-state index is 0.686. The average Bonchev–Trinajstić information content (AvgIpc) is 2.42. The van der Waals surface area contributed by atoms with Crippen LogP contribution in [0.1, 0.15) is 6.92 Å². The van der Waals surface area contributed by atoms with Crippen LogP contribution in [0.3, 0.4) is 0 Å². The molecule has 2 rings (SSSR count). The zero-order valence-electron chi connectivity index (χ0n) is 9.87. The lowest BCUT2D eigenvalue weighted by Crippen LogP contribution is -2.26. The van der Waals surface area contributed by atoms with Crippen LogP contribution in [0, 0.1) is 0 Å². The Morgan fingerprint density at radius 2 is 2.00 bits per heavy atom. The number of rotatable bonds is 1. The molecule has 0 amide bonds. The molecule has 1 aromatic rings. The third-order valence-electron chi connectivity index (χ3n) is 2.49. The number of amidine groups is 1. The van der Waals surface area contributed by atoms with E-state index in [0.29, 0.717) is 6.54 Å². The van der Waals surface area contributed by atoms with Crippen molar-refractivity contribution in [2.45, 2.75) is 6.92 Å². The molecule has 0 atom stereocenters. The van der Waals surface area contributed by atoms with E-state index in [1.807, 2.05) is 48.3 Å². The molecule has 0 spiro atoms. The lowest BCUT2D eigenvalue weighted by molar-refractivity contribution is 1.16. The molecule has 3 nitrogen and oxygen atoms in total. The molecule has 0 bridgehead atoms. The fraction of sp³-hybridized carbons (Fsp3) is 0.143. The first-order valence-electron chi connectivity index (χ1n) is 5.52. The first-order valence-corrected chi connectivity index (χ1v) is 5.52. The molecule has 86 valence electrons. The van der Waals surface area contributed by atoms with Gasteiger partial charge in [0.25, 0.3) is 0 Å². The standard InChI is InChI=1S/C14H15N3/c1-12-6-4-3-5-9-16-13(2)17(12)14-7-10-15-11-8-14/h3-8,10-11H,1,9H2,2H3/b5-3-,6-4-,16-13?. The van der Waals surface area contributed by atoms with Crippen molar-refractivity contribution in [3.63, 3.8) is 0 Å². The molecule has 0 radical (unpaired) electrons. The van der Waals surface area contributed by atoms with Gasteiger partial charge in [-0.1, -0.05) is 24.8 Å². The highest BCUT2D eigenvalue weighted by atomic mass is 15.2. The fourth-order valence-electron chi connectivity index (χ4n) is 1.69. The zero-order valence-corrected chi connectivity index (χ0v) is 9.87. The second kappa shape index (κ2) is 5.25. The monoisotopic (exact) mass is 225 g/mol. The van der Waals surface area contributed by atoms with Gasteiger partial charge < -0.3 is 0 Å². The molecule has 1 aliphatic rings. The van der Waals surface area contributed by atoms with Crippen molar-refractivity contribution in [2.75, 3.05) is 11.4 Å². The van der Waals surface area contributed by atoms with E-state index in [1.54, 1.807) is 12.4 Å². The number of pyridine rings is 1. The molecular weight excluding hydrogens is 210 g/mol. The predicted molar refractivity (Wildman–Crippen MR) is 72.1 cm³/mol. The SMILES string of the molecule is C=C1/C=C\C=C/CN=C(C)N1c1ccncc1. The summed E-state index contributed by atoms with van der Waals surface area (Å²) in [6.07, 6.45) is 11.5. The first-order chi connectivity index (χ1) is 8.29. The van der Waals surface area contributed by atoms with Crippen LogP contribution in [0.2, 0.25) is 0 Å². The van der Waals surface area contributed by atoms with E-state index in [1.165, 1.54) is 0 Å². The number of hydrogen-bond donors (Lipinski definition) is 0. The lowest BCUT2D eigenvalue weighted by Gasteiger charge is -2.24. The van der Waals surface area contributed by atoms with Crippen LogP contribution >= 0.6 is 0 Å². The van der Waals surface area contributed by atoms with E-state index in [-0.39, 0.29) is 0 Å². The van der Waals surface area contributed by atoms with E-state index in [2.05, 4.69) is 16.6 Å². The molecule has 1 aromatic heterocycles. The summed E-state index contributed by atoms with van der Waals surface area (Å²) >= 11 is 0. The Balaban J connectivity index is 2.41. The maximum absolute atomic E-state index is 4.49. The molecule has 2 heterocycles. The first kappa shape index (κ1) is 11.3. The Labute approximate surface area is 102 Å². The summed E-state index contributed by atoms with van der Waals surface area (Å²) in [7, 11) is 0. The van der Waals surface area contributed by atoms with Crippen molar-refractivity contribution in [1.29, 1.82) is 0 Å². The zero-order chi connectivity index (χ0) is 12.1. The van der Waals surface area contributed by atoms with E-state index in [4.69, 9.17) is 0 Å². The number of hydrogen-bond acceptors (Lipinski definition) is 3. The summed E-state index contributed by atoms with van der Waals surface area (Å²) < 4.78 is 0. The van der Waals surface area contributed by atoms with E-state index in [9.17, 15) is 0 Å². The molecule has 3 heteroatoms. The highest BCUT2D eigenvalue weighted by Gasteiger charge is 2.11. The maximum Gasteiger partial charge on any atom is 0.105 e. The highest BCUT2D eigenvalue weighted by molar-refractivity contribution is 5.99. The third kappa shape index (κ3) is 2.69. The number of aliphatic imine (C=N–C) groups is 1. The number of nitrogens with zero attached hydrogens (tertiary/aromatic N) is 3. The van der Waals surface area contributed by atoms with Crippen molar-refractivity contribution in [1.82, 2.24) is 4.98 Å². The summed E-state index contributed by atoms with van der Waals surface area (Å²) in [5, 5.41) is 0. The van der Waals surface area contributed by atoms with E-state index in [0.717, 1.165) is 17.2 Å². The van der Waals surface area contributed by atoms with Gasteiger partial charge in [-0.15, -0.1) is 0 Å². The second-order valence-corrected chi connectivity index (χ2v) is 3.71. The van der Waals surface area contributed by atoms with Crippen LogP contribution in [-0.4, -0.2) is 17.4 Å². The summed E-state index contributed by atoms with van der Waals surface area (Å²) in [5.41, 5.74) is 1.92. The van der Waals surface area contributed by atoms with Gasteiger partial charge in [0.05, 0.1) is 12.2 Å². The van der Waals surface area contributed by atoms with E-state index < -0.39 is 0 Å². The molecule has 0 unspecified atom stereocenters.